The fraction of sp³-hybridized carbons (Fsp3) is 0.316. The summed E-state index contributed by atoms with van der Waals surface area (Å²) < 4.78 is 19.5. The summed E-state index contributed by atoms with van der Waals surface area (Å²) in [4.78, 5) is 79.4. The van der Waals surface area contributed by atoms with Crippen LogP contribution in [-0.4, -0.2) is 82.6 Å². The highest BCUT2D eigenvalue weighted by molar-refractivity contribution is 14.1. The van der Waals surface area contributed by atoms with Gasteiger partial charge in [-0.1, -0.05) is 0 Å². The summed E-state index contributed by atoms with van der Waals surface area (Å²) >= 11 is 5.47. The number of nitrogens with one attached hydrogen (secondary N) is 3. The molecule has 0 aliphatic rings. The van der Waals surface area contributed by atoms with E-state index in [2.05, 4.69) is 25.4 Å². The molecule has 0 saturated carbocycles. The van der Waals surface area contributed by atoms with Crippen molar-refractivity contribution in [3.05, 3.63) is 21.8 Å². The summed E-state index contributed by atoms with van der Waals surface area (Å²) in [6, 6.07) is 0. The third kappa shape index (κ3) is 9.29. The van der Waals surface area contributed by atoms with Crippen LogP contribution in [0.4, 0.5) is 5.69 Å². The molecule has 2 atom stereocenters. The van der Waals surface area contributed by atoms with E-state index in [1.807, 2.05) is 45.2 Å². The highest BCUT2D eigenvalue weighted by atomic mass is 127. The van der Waals surface area contributed by atoms with Crippen molar-refractivity contribution in [2.45, 2.75) is 12.2 Å². The van der Waals surface area contributed by atoms with Gasteiger partial charge in [0.15, 0.2) is 12.2 Å². The Morgan fingerprint density at radius 1 is 0.694 bits per heavy atom. The van der Waals surface area contributed by atoms with E-state index >= 15 is 0 Å². The Morgan fingerprint density at radius 2 is 1.11 bits per heavy atom. The maximum absolute atomic E-state index is 13.0. The van der Waals surface area contributed by atoms with Gasteiger partial charge >= 0.3 is 0 Å². The Morgan fingerprint density at radius 3 is 1.44 bits per heavy atom. The van der Waals surface area contributed by atoms with E-state index in [0.29, 0.717) is 13.6 Å². The van der Waals surface area contributed by atoms with Crippen LogP contribution < -0.4 is 16.0 Å². The summed E-state index contributed by atoms with van der Waals surface area (Å²) in [5.74, 6) is -1.34. The van der Waals surface area contributed by atoms with Crippen LogP contribution in [0.5, 0.6) is 0 Å². The molecule has 2 unspecified atom stereocenters. The number of rotatable bonds is 18. The van der Waals surface area contributed by atoms with Crippen molar-refractivity contribution in [1.82, 2.24) is 10.6 Å². The van der Waals surface area contributed by atoms with Crippen molar-refractivity contribution >= 4 is 118 Å². The average Bonchev–Trinajstić information content (AvgIpc) is 2.85. The van der Waals surface area contributed by atoms with Crippen molar-refractivity contribution in [2.24, 2.45) is 0 Å². The van der Waals surface area contributed by atoms with Crippen molar-refractivity contribution in [3.63, 3.8) is 0 Å². The van der Waals surface area contributed by atoms with Gasteiger partial charge in [-0.15, -0.1) is 0 Å². The van der Waals surface area contributed by atoms with Crippen LogP contribution in [0.3, 0.4) is 0 Å². The second-order valence-corrected chi connectivity index (χ2v) is 9.55. The summed E-state index contributed by atoms with van der Waals surface area (Å²) in [7, 11) is 0. The molecule has 0 aliphatic carbocycles. The lowest BCUT2D eigenvalue weighted by Crippen LogP contribution is -2.38. The number of hydrogen-bond donors (Lipinski definition) is 3. The van der Waals surface area contributed by atoms with E-state index in [0.717, 1.165) is 0 Å². The Bertz CT molecular complexity index is 924. The number of ether oxygens (including phenoxy) is 4. The molecule has 1 rings (SSSR count). The van der Waals surface area contributed by atoms with Gasteiger partial charge in [0.25, 0.3) is 37.7 Å². The lowest BCUT2D eigenvalue weighted by molar-refractivity contribution is -0.142. The second kappa shape index (κ2) is 17.2. The maximum Gasteiger partial charge on any atom is 0.293 e. The Kier molecular flexibility index (Phi) is 15.2. The molecule has 1 aromatic carbocycles. The van der Waals surface area contributed by atoms with Crippen molar-refractivity contribution in [2.75, 3.05) is 31.6 Å². The van der Waals surface area contributed by atoms with Gasteiger partial charge in [-0.2, -0.15) is 0 Å². The lowest BCUT2D eigenvalue weighted by atomic mass is 10.1. The number of hydrogen-bond acceptors (Lipinski definition) is 11. The quantitative estimate of drug-likeness (QED) is 0.102. The van der Waals surface area contributed by atoms with E-state index in [9.17, 15) is 33.6 Å². The number of benzene rings is 1. The lowest BCUT2D eigenvalue weighted by Gasteiger charge is -2.20. The molecule has 3 N–H and O–H groups in total. The van der Waals surface area contributed by atoms with Crippen molar-refractivity contribution in [1.29, 1.82) is 0 Å². The molecule has 0 spiro atoms. The molecular formula is C19H18I3N3O11. The largest absolute Gasteiger partial charge is 0.464 e. The standard InChI is InChI=1S/C19H18I3N3O11/c20-14-12(18(31)23-1-10(35-8-29)3-33-6-27)15(21)17(25-5-26)16(22)13(14)19(32)24-2-11(36-9-30)4-34-7-28/h5-11H,1-4H2,(H,23,31)(H,24,32)(H,25,26). The number of halogens is 3. The molecule has 0 aromatic heterocycles. The molecular weight excluding hydrogens is 827 g/mol. The van der Waals surface area contributed by atoms with Gasteiger partial charge in [-0.25, -0.2) is 0 Å². The second-order valence-electron chi connectivity index (χ2n) is 6.32. The normalized spacial score (nSPS) is 11.6. The first kappa shape index (κ1) is 31.7. The fourth-order valence-corrected chi connectivity index (χ4v) is 7.04. The minimum absolute atomic E-state index is 0.0391. The van der Waals surface area contributed by atoms with E-state index in [1.54, 1.807) is 22.6 Å². The number of amides is 3. The minimum atomic E-state index is -0.963. The Hall–Kier alpha value is -2.30. The van der Waals surface area contributed by atoms with E-state index < -0.39 is 24.0 Å². The zero-order valence-corrected chi connectivity index (χ0v) is 24.5. The third-order valence-corrected chi connectivity index (χ3v) is 7.39. The molecule has 0 saturated heterocycles. The Labute approximate surface area is 244 Å². The molecule has 0 radical (unpaired) electrons. The van der Waals surface area contributed by atoms with Crippen LogP contribution in [0.1, 0.15) is 20.7 Å². The summed E-state index contributed by atoms with van der Waals surface area (Å²) in [5, 5.41) is 7.53. The first-order valence-corrected chi connectivity index (χ1v) is 12.8. The summed E-state index contributed by atoms with van der Waals surface area (Å²) in [6.45, 7) is -0.441. The van der Waals surface area contributed by atoms with E-state index in [-0.39, 0.29) is 72.6 Å². The smallest absolute Gasteiger partial charge is 0.293 e. The molecule has 17 heteroatoms. The number of carbonyl (C=O) groups excluding carboxylic acids is 7. The van der Waals surface area contributed by atoms with Crippen molar-refractivity contribution in [3.8, 4) is 0 Å². The highest BCUT2D eigenvalue weighted by Crippen LogP contribution is 2.35. The van der Waals surface area contributed by atoms with Crippen molar-refractivity contribution < 1.29 is 52.5 Å². The number of anilines is 1. The van der Waals surface area contributed by atoms with Crippen LogP contribution in [0.15, 0.2) is 0 Å². The third-order valence-electron chi connectivity index (χ3n) is 4.15. The molecule has 1 aromatic rings. The predicted molar refractivity (Wildman–Crippen MR) is 145 cm³/mol. The minimum Gasteiger partial charge on any atom is -0.464 e. The highest BCUT2D eigenvalue weighted by Gasteiger charge is 2.28. The molecule has 196 valence electrons. The molecule has 3 amide bonds. The van der Waals surface area contributed by atoms with Crippen LogP contribution in [0, 0.1) is 10.7 Å². The first-order valence-electron chi connectivity index (χ1n) is 9.52. The first-order chi connectivity index (χ1) is 17.3. The zero-order chi connectivity index (χ0) is 27.1. The zero-order valence-electron chi connectivity index (χ0n) is 18.0. The summed E-state index contributed by atoms with van der Waals surface area (Å²) in [6.07, 6.45) is -1.55. The van der Waals surface area contributed by atoms with Gasteiger partial charge in [-0.3, -0.25) is 33.6 Å². The fourth-order valence-electron chi connectivity index (χ4n) is 2.58. The van der Waals surface area contributed by atoms with Gasteiger partial charge in [0.1, 0.15) is 13.2 Å². The average molecular weight is 845 g/mol. The molecule has 0 aliphatic heterocycles. The van der Waals surface area contributed by atoms with E-state index in [1.165, 1.54) is 0 Å². The van der Waals surface area contributed by atoms with Gasteiger partial charge in [0.05, 0.1) is 37.0 Å². The van der Waals surface area contributed by atoms with Crippen LogP contribution in [-0.2, 0) is 42.9 Å². The topological polar surface area (TPSA) is 192 Å². The van der Waals surface area contributed by atoms with Crippen LogP contribution in [0.25, 0.3) is 0 Å². The Balaban J connectivity index is 3.30. The van der Waals surface area contributed by atoms with Gasteiger partial charge in [0.2, 0.25) is 6.41 Å². The maximum atomic E-state index is 13.0. The van der Waals surface area contributed by atoms with Crippen LogP contribution >= 0.6 is 67.8 Å². The number of carbonyl (C=O) groups is 7. The molecule has 0 fully saturated rings. The summed E-state index contributed by atoms with van der Waals surface area (Å²) in [5.41, 5.74) is 0.270. The monoisotopic (exact) mass is 845 g/mol. The molecule has 0 bridgehead atoms. The molecule has 36 heavy (non-hydrogen) atoms. The molecule has 0 heterocycles. The molecule has 14 nitrogen and oxygen atoms in total. The van der Waals surface area contributed by atoms with Gasteiger partial charge < -0.3 is 34.9 Å². The van der Waals surface area contributed by atoms with E-state index in [4.69, 9.17) is 9.47 Å². The van der Waals surface area contributed by atoms with Gasteiger partial charge in [-0.05, 0) is 67.8 Å². The van der Waals surface area contributed by atoms with Crippen LogP contribution in [0.2, 0.25) is 0 Å². The SMILES string of the molecule is O=CNc1c(I)c(C(=O)NCC(COC=O)OC=O)c(I)c(C(=O)NCC(COC=O)OC=O)c1I. The predicted octanol–water partition coefficient (Wildman–Crippen LogP) is -0.0425. The van der Waals surface area contributed by atoms with Gasteiger partial charge in [0, 0.05) is 3.57 Å².